The third-order valence-corrected chi connectivity index (χ3v) is 3.80. The van der Waals surface area contributed by atoms with Crippen molar-refractivity contribution in [3.8, 4) is 17.2 Å². The minimum absolute atomic E-state index is 0.207. The van der Waals surface area contributed by atoms with Crippen LogP contribution in [0, 0.1) is 13.8 Å². The molecule has 0 unspecified atom stereocenters. The normalized spacial score (nSPS) is 13.5. The fraction of sp³-hybridized carbons (Fsp3) is 0.278. The molecule has 2 aromatic rings. The summed E-state index contributed by atoms with van der Waals surface area (Å²) in [6.45, 7) is 5.98. The molecule has 23 heavy (non-hydrogen) atoms. The van der Waals surface area contributed by atoms with Crippen molar-refractivity contribution in [2.24, 2.45) is 0 Å². The number of nitrogens with one attached hydrogen (secondary N) is 1. The second kappa shape index (κ2) is 6.20. The number of carbonyl (C=O) groups excluding carboxylic acids is 1. The number of benzene rings is 2. The number of anilines is 1. The molecule has 3 rings (SSSR count). The number of rotatable bonds is 4. The summed E-state index contributed by atoms with van der Waals surface area (Å²) >= 11 is 0. The Bertz CT molecular complexity index is 742. The molecule has 1 aliphatic rings. The van der Waals surface area contributed by atoms with Gasteiger partial charge in [-0.15, -0.1) is 0 Å². The number of fused-ring (bicyclic) bond motifs is 1. The first-order chi connectivity index (χ1) is 11.0. The van der Waals surface area contributed by atoms with Crippen molar-refractivity contribution in [1.29, 1.82) is 0 Å². The molecular weight excluding hydrogens is 294 g/mol. The molecule has 0 saturated heterocycles. The second-order valence-electron chi connectivity index (χ2n) is 5.56. The van der Waals surface area contributed by atoms with Crippen molar-refractivity contribution in [2.75, 3.05) is 12.1 Å². The van der Waals surface area contributed by atoms with E-state index in [2.05, 4.69) is 5.32 Å². The minimum atomic E-state index is -0.609. The zero-order valence-corrected chi connectivity index (χ0v) is 13.4. The van der Waals surface area contributed by atoms with Crippen LogP contribution in [0.25, 0.3) is 0 Å². The van der Waals surface area contributed by atoms with Crippen LogP contribution >= 0.6 is 0 Å². The van der Waals surface area contributed by atoms with E-state index >= 15 is 0 Å². The highest BCUT2D eigenvalue weighted by molar-refractivity contribution is 5.94. The highest BCUT2D eigenvalue weighted by Gasteiger charge is 2.18. The molecule has 120 valence electrons. The summed E-state index contributed by atoms with van der Waals surface area (Å²) in [5.41, 5.74) is 2.97. The zero-order valence-electron chi connectivity index (χ0n) is 13.4. The fourth-order valence-electron chi connectivity index (χ4n) is 2.26. The Balaban J connectivity index is 1.64. The predicted octanol–water partition coefficient (Wildman–Crippen LogP) is 3.44. The van der Waals surface area contributed by atoms with Crippen LogP contribution in [0.1, 0.15) is 18.1 Å². The van der Waals surface area contributed by atoms with E-state index in [9.17, 15) is 4.79 Å². The van der Waals surface area contributed by atoms with Crippen molar-refractivity contribution in [3.05, 3.63) is 47.5 Å². The first kappa shape index (κ1) is 15.2. The lowest BCUT2D eigenvalue weighted by atomic mass is 10.1. The van der Waals surface area contributed by atoms with Crippen LogP contribution in [0.3, 0.4) is 0 Å². The average Bonchev–Trinajstić information content (AvgIpc) is 2.98. The lowest BCUT2D eigenvalue weighted by Gasteiger charge is -2.15. The zero-order chi connectivity index (χ0) is 16.4. The Morgan fingerprint density at radius 3 is 2.65 bits per heavy atom. The van der Waals surface area contributed by atoms with Gasteiger partial charge >= 0.3 is 0 Å². The molecule has 1 amide bonds. The molecule has 0 bridgehead atoms. The smallest absolute Gasteiger partial charge is 0.265 e. The second-order valence-corrected chi connectivity index (χ2v) is 5.56. The Kier molecular flexibility index (Phi) is 4.10. The van der Waals surface area contributed by atoms with Crippen molar-refractivity contribution in [2.45, 2.75) is 26.9 Å². The molecule has 1 atom stereocenters. The van der Waals surface area contributed by atoms with Gasteiger partial charge in [0.15, 0.2) is 17.6 Å². The van der Waals surface area contributed by atoms with E-state index in [1.807, 2.05) is 32.0 Å². The van der Waals surface area contributed by atoms with Gasteiger partial charge in [-0.25, -0.2) is 0 Å². The third kappa shape index (κ3) is 3.39. The van der Waals surface area contributed by atoms with Gasteiger partial charge in [-0.2, -0.15) is 0 Å². The fourth-order valence-corrected chi connectivity index (χ4v) is 2.26. The summed E-state index contributed by atoms with van der Waals surface area (Å²) in [7, 11) is 0. The minimum Gasteiger partial charge on any atom is -0.481 e. The van der Waals surface area contributed by atoms with Gasteiger partial charge in [-0.05, 0) is 56.2 Å². The Hall–Kier alpha value is -2.69. The predicted molar refractivity (Wildman–Crippen MR) is 87.2 cm³/mol. The summed E-state index contributed by atoms with van der Waals surface area (Å²) in [4.78, 5) is 12.3. The number of hydrogen-bond donors (Lipinski definition) is 1. The van der Waals surface area contributed by atoms with Gasteiger partial charge in [0.05, 0.1) is 0 Å². The van der Waals surface area contributed by atoms with E-state index in [-0.39, 0.29) is 12.7 Å². The van der Waals surface area contributed by atoms with E-state index in [0.29, 0.717) is 22.9 Å². The lowest BCUT2D eigenvalue weighted by Crippen LogP contribution is -2.30. The third-order valence-electron chi connectivity index (χ3n) is 3.80. The Morgan fingerprint density at radius 2 is 1.87 bits per heavy atom. The highest BCUT2D eigenvalue weighted by Crippen LogP contribution is 2.34. The maximum atomic E-state index is 12.3. The van der Waals surface area contributed by atoms with Crippen LogP contribution in [0.2, 0.25) is 0 Å². The van der Waals surface area contributed by atoms with Crippen LogP contribution in [-0.4, -0.2) is 18.8 Å². The quantitative estimate of drug-likeness (QED) is 0.939. The van der Waals surface area contributed by atoms with Crippen molar-refractivity contribution < 1.29 is 19.0 Å². The maximum absolute atomic E-state index is 12.3. The van der Waals surface area contributed by atoms with E-state index in [4.69, 9.17) is 14.2 Å². The number of carbonyl (C=O) groups is 1. The van der Waals surface area contributed by atoms with E-state index < -0.39 is 6.10 Å². The molecule has 0 fully saturated rings. The SMILES string of the molecule is Cc1ccc(O[C@H](C)C(=O)Nc2ccc3c(c2)OCO3)cc1C. The molecular formula is C18H19NO4. The van der Waals surface area contributed by atoms with Crippen LogP contribution in [0.15, 0.2) is 36.4 Å². The maximum Gasteiger partial charge on any atom is 0.265 e. The highest BCUT2D eigenvalue weighted by atomic mass is 16.7. The molecule has 5 heteroatoms. The average molecular weight is 313 g/mol. The number of amides is 1. The van der Waals surface area contributed by atoms with Crippen molar-refractivity contribution in [1.82, 2.24) is 0 Å². The van der Waals surface area contributed by atoms with E-state index in [0.717, 1.165) is 5.56 Å². The summed E-state index contributed by atoms with van der Waals surface area (Å²) in [5.74, 6) is 1.77. The van der Waals surface area contributed by atoms with Gasteiger partial charge in [0.25, 0.3) is 5.91 Å². The monoisotopic (exact) mass is 313 g/mol. The summed E-state index contributed by atoms with van der Waals surface area (Å²) in [6, 6.07) is 11.1. The summed E-state index contributed by atoms with van der Waals surface area (Å²) in [6.07, 6.45) is -0.609. The lowest BCUT2D eigenvalue weighted by molar-refractivity contribution is -0.122. The molecule has 0 spiro atoms. The molecule has 1 aliphatic heterocycles. The molecule has 0 aliphatic carbocycles. The topological polar surface area (TPSA) is 56.8 Å². The standard InChI is InChI=1S/C18H19NO4/c1-11-4-6-15(8-12(11)2)23-13(3)18(20)19-14-5-7-16-17(9-14)22-10-21-16/h4-9,13H,10H2,1-3H3,(H,19,20)/t13-/m1/s1. The van der Waals surface area contributed by atoms with Crippen LogP contribution in [0.5, 0.6) is 17.2 Å². The van der Waals surface area contributed by atoms with Gasteiger partial charge in [-0.1, -0.05) is 6.07 Å². The number of aryl methyl sites for hydroxylation is 2. The summed E-state index contributed by atoms with van der Waals surface area (Å²) < 4.78 is 16.3. The van der Waals surface area contributed by atoms with Gasteiger partial charge in [0.1, 0.15) is 5.75 Å². The largest absolute Gasteiger partial charge is 0.481 e. The van der Waals surface area contributed by atoms with Gasteiger partial charge < -0.3 is 19.5 Å². The number of ether oxygens (including phenoxy) is 3. The van der Waals surface area contributed by atoms with Crippen LogP contribution in [-0.2, 0) is 4.79 Å². The van der Waals surface area contributed by atoms with Gasteiger partial charge in [0.2, 0.25) is 6.79 Å². The van der Waals surface area contributed by atoms with E-state index in [1.54, 1.807) is 25.1 Å². The Labute approximate surface area is 135 Å². The van der Waals surface area contributed by atoms with Crippen LogP contribution < -0.4 is 19.5 Å². The van der Waals surface area contributed by atoms with Gasteiger partial charge in [-0.3, -0.25) is 4.79 Å². The van der Waals surface area contributed by atoms with Crippen LogP contribution in [0.4, 0.5) is 5.69 Å². The van der Waals surface area contributed by atoms with Crippen molar-refractivity contribution in [3.63, 3.8) is 0 Å². The first-order valence-corrected chi connectivity index (χ1v) is 7.47. The molecule has 2 aromatic carbocycles. The van der Waals surface area contributed by atoms with Gasteiger partial charge in [0, 0.05) is 11.8 Å². The first-order valence-electron chi connectivity index (χ1n) is 7.47. The Morgan fingerprint density at radius 1 is 1.09 bits per heavy atom. The molecule has 0 radical (unpaired) electrons. The van der Waals surface area contributed by atoms with E-state index in [1.165, 1.54) is 5.56 Å². The molecule has 1 N–H and O–H groups in total. The molecule has 5 nitrogen and oxygen atoms in total. The summed E-state index contributed by atoms with van der Waals surface area (Å²) in [5, 5.41) is 2.82. The number of hydrogen-bond acceptors (Lipinski definition) is 4. The molecule has 0 saturated carbocycles. The molecule has 1 heterocycles. The molecule has 0 aromatic heterocycles. The van der Waals surface area contributed by atoms with Crippen molar-refractivity contribution >= 4 is 11.6 Å².